The normalized spacial score (nSPS) is 12.7. The molecule has 0 saturated heterocycles. The number of carbonyl (C=O) groups excluding carboxylic acids is 2. The van der Waals surface area contributed by atoms with Gasteiger partial charge in [0, 0.05) is 12.8 Å². The number of carbonyl (C=O) groups is 2. The molecule has 6 nitrogen and oxygen atoms in total. The van der Waals surface area contributed by atoms with Crippen molar-refractivity contribution in [2.45, 2.75) is 341 Å². The van der Waals surface area contributed by atoms with Crippen LogP contribution in [0, 0.1) is 0 Å². The molecule has 0 fully saturated rings. The fourth-order valence-corrected chi connectivity index (χ4v) is 9.34. The largest absolute Gasteiger partial charge is 0.466 e. The SMILES string of the molecule is CCCCCCCCCCCCCCCCCCCCCCCCC/C=C/C(O)C(CO)NC(=O)CCCCCCC/C=C\CCCCOC(=O)CCCCCCCCCCCCCCCC. The van der Waals surface area contributed by atoms with Crippen LogP contribution in [0.2, 0.25) is 0 Å². The minimum absolute atomic E-state index is 0.0300. The second-order valence-electron chi connectivity index (χ2n) is 20.7. The summed E-state index contributed by atoms with van der Waals surface area (Å²) in [5, 5.41) is 23.2. The lowest BCUT2D eigenvalue weighted by molar-refractivity contribution is -0.143. The average Bonchev–Trinajstić information content (AvgIpc) is 3.33. The fourth-order valence-electron chi connectivity index (χ4n) is 9.34. The van der Waals surface area contributed by atoms with Crippen molar-refractivity contribution in [2.75, 3.05) is 13.2 Å². The Morgan fingerprint density at radius 2 is 0.701 bits per heavy atom. The van der Waals surface area contributed by atoms with Gasteiger partial charge in [0.15, 0.2) is 0 Å². The first-order valence-electron chi connectivity index (χ1n) is 30.1. The highest BCUT2D eigenvalue weighted by atomic mass is 16.5. The number of nitrogens with one attached hydrogen (secondary N) is 1. The molecule has 0 aliphatic heterocycles. The molecule has 2 unspecified atom stereocenters. The van der Waals surface area contributed by atoms with E-state index in [-0.39, 0.29) is 18.5 Å². The summed E-state index contributed by atoms with van der Waals surface area (Å²) in [5.41, 5.74) is 0. The number of ether oxygens (including phenoxy) is 1. The van der Waals surface area contributed by atoms with Gasteiger partial charge in [0.25, 0.3) is 0 Å². The third kappa shape index (κ3) is 53.5. The Balaban J connectivity index is 3.52. The summed E-state index contributed by atoms with van der Waals surface area (Å²) in [6.07, 6.45) is 69.3. The smallest absolute Gasteiger partial charge is 0.305 e. The first kappa shape index (κ1) is 65.3. The molecule has 0 spiro atoms. The number of allylic oxidation sites excluding steroid dienone is 3. The number of esters is 1. The van der Waals surface area contributed by atoms with Crippen LogP contribution < -0.4 is 5.32 Å². The maximum Gasteiger partial charge on any atom is 0.305 e. The molecule has 0 aliphatic rings. The zero-order chi connectivity index (χ0) is 48.6. The predicted octanol–water partition coefficient (Wildman–Crippen LogP) is 18.6. The summed E-state index contributed by atoms with van der Waals surface area (Å²) < 4.78 is 5.44. The van der Waals surface area contributed by atoms with Gasteiger partial charge in [-0.25, -0.2) is 0 Å². The molecule has 1 amide bonds. The number of unbranched alkanes of at least 4 members (excludes halogenated alkanes) is 43. The van der Waals surface area contributed by atoms with Crippen LogP contribution in [0.25, 0.3) is 0 Å². The summed E-state index contributed by atoms with van der Waals surface area (Å²) >= 11 is 0. The summed E-state index contributed by atoms with van der Waals surface area (Å²) in [6, 6.07) is -0.649. The molecule has 0 bridgehead atoms. The number of hydrogen-bond acceptors (Lipinski definition) is 5. The molecule has 3 N–H and O–H groups in total. The molecule has 0 rings (SSSR count). The molecule has 2 atom stereocenters. The van der Waals surface area contributed by atoms with Crippen LogP contribution in [0.1, 0.15) is 328 Å². The Labute approximate surface area is 418 Å². The molecule has 0 aromatic rings. The Bertz CT molecular complexity index is 1040. The lowest BCUT2D eigenvalue weighted by atomic mass is 10.0. The minimum atomic E-state index is -0.863. The Morgan fingerprint density at radius 3 is 1.06 bits per heavy atom. The predicted molar refractivity (Wildman–Crippen MR) is 292 cm³/mol. The highest BCUT2D eigenvalue weighted by molar-refractivity contribution is 5.76. The summed E-state index contributed by atoms with van der Waals surface area (Å²) in [7, 11) is 0. The standard InChI is InChI=1S/C61H117NO5/c1-3-5-7-9-11-13-15-17-19-20-21-22-23-24-25-26-27-28-29-30-33-37-41-45-49-53-59(64)58(57-63)62-60(65)54-50-46-42-38-34-32-36-40-44-48-52-56-67-61(66)55-51-47-43-39-35-31-18-16-14-12-10-8-6-4-2/h36,40,49,53,58-59,63-64H,3-35,37-39,41-48,50-52,54-57H2,1-2H3,(H,62,65)/b40-36-,53-49+. The van der Waals surface area contributed by atoms with Crippen LogP contribution >= 0.6 is 0 Å². The topological polar surface area (TPSA) is 95.9 Å². The van der Waals surface area contributed by atoms with Crippen molar-refractivity contribution in [1.29, 1.82) is 0 Å². The molecule has 0 aliphatic carbocycles. The van der Waals surface area contributed by atoms with Gasteiger partial charge < -0.3 is 20.3 Å². The van der Waals surface area contributed by atoms with E-state index < -0.39 is 12.1 Å². The van der Waals surface area contributed by atoms with Gasteiger partial charge in [0.1, 0.15) is 0 Å². The summed E-state index contributed by atoms with van der Waals surface area (Å²) in [5.74, 6) is -0.123. The van der Waals surface area contributed by atoms with Crippen LogP contribution in [0.15, 0.2) is 24.3 Å². The van der Waals surface area contributed by atoms with Crippen LogP contribution in [0.3, 0.4) is 0 Å². The summed E-state index contributed by atoms with van der Waals surface area (Å²) in [4.78, 5) is 24.5. The molecule has 0 saturated carbocycles. The zero-order valence-electron chi connectivity index (χ0n) is 45.1. The van der Waals surface area contributed by atoms with E-state index in [1.807, 2.05) is 6.08 Å². The number of amides is 1. The van der Waals surface area contributed by atoms with E-state index in [0.717, 1.165) is 83.5 Å². The lowest BCUT2D eigenvalue weighted by Gasteiger charge is -2.20. The van der Waals surface area contributed by atoms with Crippen molar-refractivity contribution in [2.24, 2.45) is 0 Å². The number of aliphatic hydroxyl groups is 2. The van der Waals surface area contributed by atoms with Gasteiger partial charge in [0.2, 0.25) is 5.91 Å². The van der Waals surface area contributed by atoms with Crippen LogP contribution in [0.5, 0.6) is 0 Å². The quantitative estimate of drug-likeness (QED) is 0.0321. The third-order valence-corrected chi connectivity index (χ3v) is 14.0. The third-order valence-electron chi connectivity index (χ3n) is 14.0. The van der Waals surface area contributed by atoms with Crippen LogP contribution in [-0.2, 0) is 14.3 Å². The van der Waals surface area contributed by atoms with Gasteiger partial charge in [-0.1, -0.05) is 282 Å². The maximum atomic E-state index is 12.5. The molecule has 396 valence electrons. The van der Waals surface area contributed by atoms with E-state index in [1.165, 1.54) is 218 Å². The Kier molecular flexibility index (Phi) is 55.5. The highest BCUT2D eigenvalue weighted by Gasteiger charge is 2.18. The molecule has 0 heterocycles. The minimum Gasteiger partial charge on any atom is -0.466 e. The van der Waals surface area contributed by atoms with Crippen molar-refractivity contribution >= 4 is 11.9 Å². The van der Waals surface area contributed by atoms with Gasteiger partial charge in [-0.05, 0) is 57.8 Å². The van der Waals surface area contributed by atoms with Gasteiger partial charge in [-0.2, -0.15) is 0 Å². The molecular formula is C61H117NO5. The second kappa shape index (κ2) is 56.9. The zero-order valence-corrected chi connectivity index (χ0v) is 45.1. The highest BCUT2D eigenvalue weighted by Crippen LogP contribution is 2.17. The molecule has 6 heteroatoms. The Morgan fingerprint density at radius 1 is 0.403 bits per heavy atom. The van der Waals surface area contributed by atoms with E-state index in [1.54, 1.807) is 6.08 Å². The lowest BCUT2D eigenvalue weighted by Crippen LogP contribution is -2.45. The van der Waals surface area contributed by atoms with Gasteiger partial charge in [-0.15, -0.1) is 0 Å². The van der Waals surface area contributed by atoms with Crippen molar-refractivity contribution in [3.63, 3.8) is 0 Å². The first-order valence-corrected chi connectivity index (χ1v) is 30.1. The summed E-state index contributed by atoms with van der Waals surface area (Å²) in [6.45, 7) is 4.85. The fraction of sp³-hybridized carbons (Fsp3) is 0.902. The number of rotatable bonds is 56. The molecule has 0 aromatic heterocycles. The average molecular weight is 945 g/mol. The van der Waals surface area contributed by atoms with Gasteiger partial charge >= 0.3 is 5.97 Å². The molecule has 67 heavy (non-hydrogen) atoms. The van der Waals surface area contributed by atoms with Crippen molar-refractivity contribution in [3.8, 4) is 0 Å². The van der Waals surface area contributed by atoms with Gasteiger partial charge in [0.05, 0.1) is 25.4 Å². The molecule has 0 radical (unpaired) electrons. The number of hydrogen-bond donors (Lipinski definition) is 3. The van der Waals surface area contributed by atoms with Crippen LogP contribution in [0.4, 0.5) is 0 Å². The maximum absolute atomic E-state index is 12.5. The van der Waals surface area contributed by atoms with Crippen molar-refractivity contribution in [3.05, 3.63) is 24.3 Å². The van der Waals surface area contributed by atoms with E-state index in [0.29, 0.717) is 19.4 Å². The second-order valence-corrected chi connectivity index (χ2v) is 20.7. The Hall–Kier alpha value is -1.66. The first-order chi connectivity index (χ1) is 33.0. The van der Waals surface area contributed by atoms with Crippen molar-refractivity contribution in [1.82, 2.24) is 5.32 Å². The van der Waals surface area contributed by atoms with Crippen LogP contribution in [-0.4, -0.2) is 47.4 Å². The number of aliphatic hydroxyl groups excluding tert-OH is 2. The van der Waals surface area contributed by atoms with E-state index in [9.17, 15) is 19.8 Å². The van der Waals surface area contributed by atoms with E-state index in [4.69, 9.17) is 4.74 Å². The van der Waals surface area contributed by atoms with E-state index in [2.05, 4.69) is 31.3 Å². The molecule has 0 aromatic carbocycles. The van der Waals surface area contributed by atoms with Crippen molar-refractivity contribution < 1.29 is 24.5 Å². The van der Waals surface area contributed by atoms with Gasteiger partial charge in [-0.3, -0.25) is 9.59 Å². The molecular weight excluding hydrogens is 827 g/mol. The van der Waals surface area contributed by atoms with E-state index >= 15 is 0 Å². The monoisotopic (exact) mass is 944 g/mol.